The molecule has 2 rings (SSSR count). The lowest BCUT2D eigenvalue weighted by molar-refractivity contribution is 1.25. The minimum absolute atomic E-state index is 0.395. The quantitative estimate of drug-likeness (QED) is 0.576. The Labute approximate surface area is 120 Å². The van der Waals surface area contributed by atoms with Crippen molar-refractivity contribution >= 4 is 33.1 Å². The molecular formula is C13H14BrN5. The van der Waals surface area contributed by atoms with Gasteiger partial charge >= 0.3 is 0 Å². The number of hydrogen-bond donors (Lipinski definition) is 2. The van der Waals surface area contributed by atoms with E-state index in [1.807, 2.05) is 19.9 Å². The minimum atomic E-state index is 0.395. The van der Waals surface area contributed by atoms with Crippen molar-refractivity contribution in [3.63, 3.8) is 0 Å². The van der Waals surface area contributed by atoms with E-state index in [0.29, 0.717) is 11.5 Å². The highest BCUT2D eigenvalue weighted by Gasteiger charge is 1.96. The van der Waals surface area contributed by atoms with E-state index in [-0.39, 0.29) is 0 Å². The van der Waals surface area contributed by atoms with E-state index in [2.05, 4.69) is 30.7 Å². The SMILES string of the molecule is Cc1cc(Br)ncc1N.[C-]#[N+]c1cc(C)c(N)cn1. The Morgan fingerprint density at radius 2 is 1.58 bits per heavy atom. The summed E-state index contributed by atoms with van der Waals surface area (Å²) in [6, 6.07) is 3.55. The number of rotatable bonds is 0. The first-order valence-corrected chi connectivity index (χ1v) is 6.20. The Kier molecular flexibility index (Phi) is 5.27. The Morgan fingerprint density at radius 1 is 1.05 bits per heavy atom. The molecule has 0 atom stereocenters. The number of nitrogens with zero attached hydrogens (tertiary/aromatic N) is 3. The van der Waals surface area contributed by atoms with Crippen molar-refractivity contribution in [2.45, 2.75) is 13.8 Å². The van der Waals surface area contributed by atoms with E-state index in [4.69, 9.17) is 18.0 Å². The molecule has 0 bridgehead atoms. The van der Waals surface area contributed by atoms with Crippen LogP contribution in [0.15, 0.2) is 29.1 Å². The second-order valence-electron chi connectivity index (χ2n) is 3.87. The van der Waals surface area contributed by atoms with Crippen LogP contribution >= 0.6 is 15.9 Å². The van der Waals surface area contributed by atoms with Crippen molar-refractivity contribution in [2.24, 2.45) is 0 Å². The zero-order chi connectivity index (χ0) is 14.4. The van der Waals surface area contributed by atoms with Gasteiger partial charge in [-0.2, -0.15) is 0 Å². The molecule has 0 aromatic carbocycles. The minimum Gasteiger partial charge on any atom is -0.397 e. The molecule has 2 heterocycles. The summed E-state index contributed by atoms with van der Waals surface area (Å²) in [5, 5.41) is 0. The molecule has 0 aliphatic heterocycles. The number of aryl methyl sites for hydroxylation is 2. The Balaban J connectivity index is 0.000000191. The molecule has 0 aliphatic carbocycles. The van der Waals surface area contributed by atoms with E-state index in [1.54, 1.807) is 12.3 Å². The number of nitrogen functional groups attached to an aromatic ring is 2. The van der Waals surface area contributed by atoms with Crippen LogP contribution in [0, 0.1) is 20.4 Å². The average molecular weight is 320 g/mol. The molecule has 0 unspecified atom stereocenters. The van der Waals surface area contributed by atoms with Gasteiger partial charge in [-0.15, -0.1) is 4.98 Å². The third-order valence-corrected chi connectivity index (χ3v) is 2.80. The number of nitrogens with two attached hydrogens (primary N) is 2. The van der Waals surface area contributed by atoms with Crippen molar-refractivity contribution in [3.05, 3.63) is 51.7 Å². The second kappa shape index (κ2) is 6.71. The highest BCUT2D eigenvalue weighted by Crippen LogP contribution is 2.14. The van der Waals surface area contributed by atoms with Crippen molar-refractivity contribution < 1.29 is 0 Å². The molecular weight excluding hydrogens is 306 g/mol. The van der Waals surface area contributed by atoms with Crippen LogP contribution in [0.3, 0.4) is 0 Å². The van der Waals surface area contributed by atoms with Crippen molar-refractivity contribution in [1.29, 1.82) is 0 Å². The summed E-state index contributed by atoms with van der Waals surface area (Å²) in [6.45, 7) is 10.4. The first kappa shape index (κ1) is 14.9. The van der Waals surface area contributed by atoms with Gasteiger partial charge in [0.25, 0.3) is 5.82 Å². The smallest absolute Gasteiger partial charge is 0.269 e. The van der Waals surface area contributed by atoms with E-state index in [0.717, 1.165) is 21.4 Å². The van der Waals surface area contributed by atoms with Gasteiger partial charge in [0, 0.05) is 0 Å². The predicted octanol–water partition coefficient (Wildman–Crippen LogP) is 3.26. The summed E-state index contributed by atoms with van der Waals surface area (Å²) in [4.78, 5) is 10.9. The van der Waals surface area contributed by atoms with Crippen LogP contribution in [0.4, 0.5) is 17.2 Å². The number of pyridine rings is 2. The molecule has 98 valence electrons. The second-order valence-corrected chi connectivity index (χ2v) is 4.69. The summed E-state index contributed by atoms with van der Waals surface area (Å²) in [5.74, 6) is 0.395. The van der Waals surface area contributed by atoms with E-state index in [9.17, 15) is 0 Å². The topological polar surface area (TPSA) is 82.2 Å². The standard InChI is InChI=1S/C7H7N3.C6H7BrN2/c1-5-3-7(9-2)10-4-6(5)8;1-4-2-6(7)9-3-5(4)8/h3-4H,8H2,1H3;2-3H,8H2,1H3. The summed E-state index contributed by atoms with van der Waals surface area (Å²) >= 11 is 3.23. The predicted molar refractivity (Wildman–Crippen MR) is 80.7 cm³/mol. The zero-order valence-electron chi connectivity index (χ0n) is 10.7. The molecule has 19 heavy (non-hydrogen) atoms. The van der Waals surface area contributed by atoms with Gasteiger partial charge in [0.05, 0.1) is 17.6 Å². The molecule has 6 heteroatoms. The van der Waals surface area contributed by atoms with Crippen molar-refractivity contribution in [2.75, 3.05) is 11.5 Å². The van der Waals surface area contributed by atoms with Crippen LogP contribution in [0.2, 0.25) is 0 Å². The van der Waals surface area contributed by atoms with Gasteiger partial charge in [0.1, 0.15) is 10.8 Å². The summed E-state index contributed by atoms with van der Waals surface area (Å²) in [6.07, 6.45) is 3.14. The summed E-state index contributed by atoms with van der Waals surface area (Å²) in [7, 11) is 0. The monoisotopic (exact) mass is 319 g/mol. The third kappa shape index (κ3) is 4.56. The molecule has 2 aromatic heterocycles. The van der Waals surface area contributed by atoms with Gasteiger partial charge < -0.3 is 16.3 Å². The van der Waals surface area contributed by atoms with Gasteiger partial charge in [-0.3, -0.25) is 0 Å². The van der Waals surface area contributed by atoms with Gasteiger partial charge in [-0.1, -0.05) is 6.57 Å². The van der Waals surface area contributed by atoms with Crippen LogP contribution in [-0.4, -0.2) is 9.97 Å². The maximum absolute atomic E-state index is 6.63. The average Bonchev–Trinajstić information content (AvgIpc) is 2.38. The highest BCUT2D eigenvalue weighted by atomic mass is 79.9. The molecule has 0 amide bonds. The van der Waals surface area contributed by atoms with Gasteiger partial charge in [0.15, 0.2) is 0 Å². The molecule has 4 N–H and O–H groups in total. The van der Waals surface area contributed by atoms with E-state index in [1.165, 1.54) is 6.20 Å². The number of halogens is 1. The molecule has 0 fully saturated rings. The normalized spacial score (nSPS) is 9.16. The summed E-state index contributed by atoms with van der Waals surface area (Å²) in [5.41, 5.74) is 14.3. The van der Waals surface area contributed by atoms with E-state index < -0.39 is 0 Å². The molecule has 0 aliphatic rings. The van der Waals surface area contributed by atoms with E-state index >= 15 is 0 Å². The van der Waals surface area contributed by atoms with Gasteiger partial charge in [0.2, 0.25) is 0 Å². The number of aromatic nitrogens is 2. The number of hydrogen-bond acceptors (Lipinski definition) is 4. The number of anilines is 2. The Morgan fingerprint density at radius 3 is 2.00 bits per heavy atom. The molecule has 0 radical (unpaired) electrons. The highest BCUT2D eigenvalue weighted by molar-refractivity contribution is 9.10. The van der Waals surface area contributed by atoms with Crippen molar-refractivity contribution in [1.82, 2.24) is 9.97 Å². The van der Waals surface area contributed by atoms with Gasteiger partial charge in [-0.05, 0) is 53.0 Å². The lowest BCUT2D eigenvalue weighted by Gasteiger charge is -1.96. The fourth-order valence-electron chi connectivity index (χ4n) is 1.15. The zero-order valence-corrected chi connectivity index (χ0v) is 12.3. The third-order valence-electron chi connectivity index (χ3n) is 2.37. The fourth-order valence-corrected chi connectivity index (χ4v) is 1.59. The van der Waals surface area contributed by atoms with Crippen LogP contribution in [0.25, 0.3) is 4.85 Å². The van der Waals surface area contributed by atoms with Crippen LogP contribution in [-0.2, 0) is 0 Å². The van der Waals surface area contributed by atoms with Gasteiger partial charge in [-0.25, -0.2) is 4.98 Å². The van der Waals surface area contributed by atoms with Crippen LogP contribution < -0.4 is 11.5 Å². The molecule has 0 spiro atoms. The molecule has 2 aromatic rings. The maximum Gasteiger partial charge on any atom is 0.269 e. The fraction of sp³-hybridized carbons (Fsp3) is 0.154. The first-order chi connectivity index (χ1) is 8.93. The summed E-state index contributed by atoms with van der Waals surface area (Å²) < 4.78 is 0.828. The van der Waals surface area contributed by atoms with Crippen LogP contribution in [0.5, 0.6) is 0 Å². The van der Waals surface area contributed by atoms with Crippen LogP contribution in [0.1, 0.15) is 11.1 Å². The lowest BCUT2D eigenvalue weighted by atomic mass is 10.2. The first-order valence-electron chi connectivity index (χ1n) is 5.41. The molecule has 0 saturated heterocycles. The Bertz CT molecular complexity index is 619. The largest absolute Gasteiger partial charge is 0.397 e. The maximum atomic E-state index is 6.63. The van der Waals surface area contributed by atoms with Crippen molar-refractivity contribution in [3.8, 4) is 0 Å². The molecule has 0 saturated carbocycles. The Hall–Kier alpha value is -2.13. The lowest BCUT2D eigenvalue weighted by Crippen LogP contribution is -1.89. The molecule has 5 nitrogen and oxygen atoms in total.